The Morgan fingerprint density at radius 2 is 2.19 bits per heavy atom. The summed E-state index contributed by atoms with van der Waals surface area (Å²) in [6.45, 7) is -1.25. The van der Waals surface area contributed by atoms with E-state index in [4.69, 9.17) is 16.3 Å². The van der Waals surface area contributed by atoms with E-state index in [1.54, 1.807) is 4.72 Å². The number of aliphatic hydroxyl groups is 1. The number of halogens is 2. The average molecular weight is 406 g/mol. The molecule has 3 N–H and O–H groups in total. The van der Waals surface area contributed by atoms with E-state index < -0.39 is 39.4 Å². The van der Waals surface area contributed by atoms with Gasteiger partial charge in [-0.1, -0.05) is 11.6 Å². The standard InChI is InChI=1S/C13H13ClFN5O5S/c1-25-10-5-9(14)17-12(18-10)19-13(22)20-26(23,24)8-3-2-4-16-11(8)7(21)6-15/h2-5,7,21H,6H2,1H3,(H2,17,18,19,20,22). The number of hydrogen-bond donors (Lipinski definition) is 3. The molecule has 2 rings (SSSR count). The van der Waals surface area contributed by atoms with Crippen molar-refractivity contribution in [3.8, 4) is 5.88 Å². The highest BCUT2D eigenvalue weighted by Crippen LogP contribution is 2.20. The van der Waals surface area contributed by atoms with Crippen LogP contribution in [0.15, 0.2) is 29.3 Å². The van der Waals surface area contributed by atoms with Gasteiger partial charge in [-0.15, -0.1) is 0 Å². The van der Waals surface area contributed by atoms with Gasteiger partial charge in [0.2, 0.25) is 11.8 Å². The monoisotopic (exact) mass is 405 g/mol. The number of pyridine rings is 1. The Bertz CT molecular complexity index is 914. The first-order chi connectivity index (χ1) is 12.3. The highest BCUT2D eigenvalue weighted by molar-refractivity contribution is 7.90. The van der Waals surface area contributed by atoms with Crippen LogP contribution in [0.1, 0.15) is 11.8 Å². The predicted octanol–water partition coefficient (Wildman–Crippen LogP) is 1.05. The number of nitrogens with one attached hydrogen (secondary N) is 2. The van der Waals surface area contributed by atoms with E-state index in [1.807, 2.05) is 0 Å². The molecule has 0 saturated carbocycles. The summed E-state index contributed by atoms with van der Waals surface area (Å²) in [5.74, 6) is -0.263. The molecule has 2 aromatic rings. The SMILES string of the molecule is COc1cc(Cl)nc(NC(=O)NS(=O)(=O)c2cccnc2C(O)CF)n1. The van der Waals surface area contributed by atoms with Gasteiger partial charge in [-0.05, 0) is 12.1 Å². The van der Waals surface area contributed by atoms with Gasteiger partial charge in [-0.3, -0.25) is 10.3 Å². The quantitative estimate of drug-likeness (QED) is 0.605. The number of ether oxygens (including phenoxy) is 1. The summed E-state index contributed by atoms with van der Waals surface area (Å²) in [7, 11) is -3.15. The second kappa shape index (κ2) is 8.21. The Morgan fingerprint density at radius 1 is 1.46 bits per heavy atom. The number of methoxy groups -OCH3 is 1. The molecule has 13 heteroatoms. The van der Waals surface area contributed by atoms with Crippen molar-refractivity contribution in [2.45, 2.75) is 11.0 Å². The first kappa shape index (κ1) is 19.8. The van der Waals surface area contributed by atoms with Crippen LogP contribution in [0.25, 0.3) is 0 Å². The van der Waals surface area contributed by atoms with Crippen molar-refractivity contribution in [1.82, 2.24) is 19.7 Å². The molecule has 10 nitrogen and oxygen atoms in total. The number of rotatable bonds is 6. The fraction of sp³-hybridized carbons (Fsp3) is 0.231. The van der Waals surface area contributed by atoms with Crippen LogP contribution in [0.2, 0.25) is 5.15 Å². The number of amides is 2. The lowest BCUT2D eigenvalue weighted by atomic mass is 10.2. The van der Waals surface area contributed by atoms with Crippen molar-refractivity contribution in [2.75, 3.05) is 19.1 Å². The molecular formula is C13H13ClFN5O5S. The summed E-state index contributed by atoms with van der Waals surface area (Å²) in [5.41, 5.74) is -0.434. The van der Waals surface area contributed by atoms with Crippen LogP contribution < -0.4 is 14.8 Å². The van der Waals surface area contributed by atoms with Crippen LogP contribution >= 0.6 is 11.6 Å². The minimum absolute atomic E-state index is 0.0452. The number of sulfonamides is 1. The maximum atomic E-state index is 12.7. The number of aromatic nitrogens is 3. The largest absolute Gasteiger partial charge is 0.481 e. The molecule has 0 aromatic carbocycles. The van der Waals surface area contributed by atoms with Gasteiger partial charge in [0.25, 0.3) is 10.0 Å². The first-order valence-electron chi connectivity index (χ1n) is 6.88. The van der Waals surface area contributed by atoms with Gasteiger partial charge in [0.05, 0.1) is 12.8 Å². The molecule has 1 atom stereocenters. The molecule has 0 aliphatic carbocycles. The fourth-order valence-electron chi connectivity index (χ4n) is 1.81. The Balaban J connectivity index is 2.22. The number of nitrogens with zero attached hydrogens (tertiary/aromatic N) is 3. The van der Waals surface area contributed by atoms with Gasteiger partial charge in [0.15, 0.2) is 0 Å². The molecule has 2 amide bonds. The molecular weight excluding hydrogens is 393 g/mol. The molecule has 26 heavy (non-hydrogen) atoms. The number of aliphatic hydroxyl groups excluding tert-OH is 1. The van der Waals surface area contributed by atoms with E-state index >= 15 is 0 Å². The van der Waals surface area contributed by atoms with Gasteiger partial charge < -0.3 is 9.84 Å². The van der Waals surface area contributed by atoms with Crippen LogP contribution in [-0.2, 0) is 10.0 Å². The summed E-state index contributed by atoms with van der Waals surface area (Å²) < 4.78 is 43.9. The zero-order valence-electron chi connectivity index (χ0n) is 13.2. The Morgan fingerprint density at radius 3 is 2.85 bits per heavy atom. The van der Waals surface area contributed by atoms with E-state index in [9.17, 15) is 22.7 Å². The van der Waals surface area contributed by atoms with E-state index in [-0.39, 0.29) is 17.0 Å². The number of alkyl halides is 1. The molecule has 0 fully saturated rings. The van der Waals surface area contributed by atoms with Crippen LogP contribution in [-0.4, -0.2) is 48.3 Å². The lowest BCUT2D eigenvalue weighted by molar-refractivity contribution is 0.134. The fourth-order valence-corrected chi connectivity index (χ4v) is 3.12. The molecule has 0 spiro atoms. The van der Waals surface area contributed by atoms with Crippen molar-refractivity contribution < 1.29 is 27.4 Å². The van der Waals surface area contributed by atoms with E-state index in [1.165, 1.54) is 25.4 Å². The van der Waals surface area contributed by atoms with Crippen molar-refractivity contribution in [2.24, 2.45) is 0 Å². The predicted molar refractivity (Wildman–Crippen MR) is 88.1 cm³/mol. The molecule has 1 unspecified atom stereocenters. The lowest BCUT2D eigenvalue weighted by Crippen LogP contribution is -2.35. The van der Waals surface area contributed by atoms with Crippen LogP contribution in [0.4, 0.5) is 15.1 Å². The van der Waals surface area contributed by atoms with Crippen LogP contribution in [0.3, 0.4) is 0 Å². The Labute approximate surface area is 152 Å². The lowest BCUT2D eigenvalue weighted by Gasteiger charge is -2.13. The molecule has 140 valence electrons. The summed E-state index contributed by atoms with van der Waals surface area (Å²) in [5, 5.41) is 11.6. The number of urea groups is 1. The second-order valence-corrected chi connectivity index (χ2v) is 6.71. The number of carbonyl (C=O) groups is 1. The summed E-state index contributed by atoms with van der Waals surface area (Å²) in [6.07, 6.45) is -0.578. The van der Waals surface area contributed by atoms with E-state index in [0.717, 1.165) is 6.07 Å². The zero-order chi connectivity index (χ0) is 19.3. The highest BCUT2D eigenvalue weighted by atomic mass is 35.5. The van der Waals surface area contributed by atoms with Gasteiger partial charge in [0, 0.05) is 12.3 Å². The topological polar surface area (TPSA) is 143 Å². The third kappa shape index (κ3) is 4.74. The van der Waals surface area contributed by atoms with Gasteiger partial charge in [-0.2, -0.15) is 4.98 Å². The number of hydrogen-bond acceptors (Lipinski definition) is 8. The van der Waals surface area contributed by atoms with E-state index in [2.05, 4.69) is 20.3 Å². The van der Waals surface area contributed by atoms with Gasteiger partial charge >= 0.3 is 6.03 Å². The number of anilines is 1. The normalized spacial score (nSPS) is 12.3. The Kier molecular flexibility index (Phi) is 6.23. The van der Waals surface area contributed by atoms with Crippen molar-refractivity contribution in [3.63, 3.8) is 0 Å². The zero-order valence-corrected chi connectivity index (χ0v) is 14.8. The summed E-state index contributed by atoms with van der Waals surface area (Å²) in [4.78, 5) is 22.5. The summed E-state index contributed by atoms with van der Waals surface area (Å²) in [6, 6.07) is 2.39. The van der Waals surface area contributed by atoms with Gasteiger partial charge in [-0.25, -0.2) is 27.3 Å². The van der Waals surface area contributed by atoms with E-state index in [0.29, 0.717) is 0 Å². The minimum Gasteiger partial charge on any atom is -0.481 e. The number of carbonyl (C=O) groups excluding carboxylic acids is 1. The third-order valence-corrected chi connectivity index (χ3v) is 4.46. The van der Waals surface area contributed by atoms with Crippen LogP contribution in [0, 0.1) is 0 Å². The molecule has 0 bridgehead atoms. The third-order valence-electron chi connectivity index (χ3n) is 2.88. The minimum atomic E-state index is -4.46. The van der Waals surface area contributed by atoms with Gasteiger partial charge in [0.1, 0.15) is 22.8 Å². The average Bonchev–Trinajstić information content (AvgIpc) is 2.59. The molecule has 2 aromatic heterocycles. The molecule has 0 aliphatic rings. The van der Waals surface area contributed by atoms with Crippen molar-refractivity contribution >= 4 is 33.6 Å². The van der Waals surface area contributed by atoms with Crippen molar-refractivity contribution in [1.29, 1.82) is 0 Å². The van der Waals surface area contributed by atoms with Crippen molar-refractivity contribution in [3.05, 3.63) is 35.2 Å². The Hall–Kier alpha value is -2.57. The molecule has 0 aliphatic heterocycles. The summed E-state index contributed by atoms with van der Waals surface area (Å²) >= 11 is 5.72. The second-order valence-electron chi connectivity index (χ2n) is 4.67. The molecule has 2 heterocycles. The highest BCUT2D eigenvalue weighted by Gasteiger charge is 2.25. The van der Waals surface area contributed by atoms with Crippen LogP contribution in [0.5, 0.6) is 5.88 Å². The smallest absolute Gasteiger partial charge is 0.335 e. The maximum absolute atomic E-state index is 12.7. The molecule has 0 saturated heterocycles. The first-order valence-corrected chi connectivity index (χ1v) is 8.74. The molecule has 0 radical (unpaired) electrons. The maximum Gasteiger partial charge on any atom is 0.335 e.